The van der Waals surface area contributed by atoms with Gasteiger partial charge in [-0.1, -0.05) is 306 Å². The van der Waals surface area contributed by atoms with Gasteiger partial charge in [-0.15, -0.1) is 0 Å². The molecule has 1 unspecified atom stereocenters. The number of hydrogen-bond donors (Lipinski definition) is 0. The molecule has 0 aromatic carbocycles. The molecule has 0 heterocycles. The fourth-order valence-electron chi connectivity index (χ4n) is 9.70. The number of carbonyl (C=O) groups excluding carboxylic acids is 3. The van der Waals surface area contributed by atoms with Crippen molar-refractivity contribution in [1.82, 2.24) is 0 Å². The quantitative estimate of drug-likeness (QED) is 0.0261. The van der Waals surface area contributed by atoms with Crippen LogP contribution in [0.1, 0.15) is 348 Å². The maximum Gasteiger partial charge on any atom is 0.306 e. The predicted octanol–water partition coefficient (Wildman–Crippen LogP) is 22.7. The van der Waals surface area contributed by atoms with E-state index in [2.05, 4.69) is 81.5 Å². The highest BCUT2D eigenvalue weighted by Crippen LogP contribution is 2.18. The van der Waals surface area contributed by atoms with Crippen LogP contribution in [0.3, 0.4) is 0 Å². The van der Waals surface area contributed by atoms with Crippen LogP contribution >= 0.6 is 0 Å². The number of esters is 3. The van der Waals surface area contributed by atoms with E-state index in [-0.39, 0.29) is 31.1 Å². The third kappa shape index (κ3) is 62.0. The Morgan fingerprint density at radius 3 is 0.803 bits per heavy atom. The van der Waals surface area contributed by atoms with Gasteiger partial charge in [0.15, 0.2) is 6.10 Å². The zero-order valence-corrected chi connectivity index (χ0v) is 50.8. The van der Waals surface area contributed by atoms with Gasteiger partial charge in [0.1, 0.15) is 13.2 Å². The van der Waals surface area contributed by atoms with E-state index in [4.69, 9.17) is 14.2 Å². The lowest BCUT2D eigenvalue weighted by Gasteiger charge is -2.18. The maximum absolute atomic E-state index is 12.9. The first-order chi connectivity index (χ1) is 37.5. The Hall–Kier alpha value is -2.89. The summed E-state index contributed by atoms with van der Waals surface area (Å²) in [6, 6.07) is 0. The van der Waals surface area contributed by atoms with E-state index < -0.39 is 6.10 Å². The summed E-state index contributed by atoms with van der Waals surface area (Å²) in [4.78, 5) is 38.3. The normalized spacial score (nSPS) is 12.4. The van der Waals surface area contributed by atoms with Crippen LogP contribution in [-0.4, -0.2) is 37.2 Å². The van der Waals surface area contributed by atoms with Gasteiger partial charge in [0.2, 0.25) is 0 Å². The second-order valence-corrected chi connectivity index (χ2v) is 22.4. The molecular weight excluding hydrogens is 937 g/mol. The summed E-state index contributed by atoms with van der Waals surface area (Å²) in [7, 11) is 0. The minimum absolute atomic E-state index is 0.0812. The molecule has 0 aromatic heterocycles. The smallest absolute Gasteiger partial charge is 0.306 e. The van der Waals surface area contributed by atoms with Crippen LogP contribution in [-0.2, 0) is 28.6 Å². The molecule has 0 saturated heterocycles. The lowest BCUT2D eigenvalue weighted by molar-refractivity contribution is -0.167. The summed E-state index contributed by atoms with van der Waals surface area (Å²) >= 11 is 0. The van der Waals surface area contributed by atoms with E-state index in [9.17, 15) is 14.4 Å². The molecule has 0 bridgehead atoms. The molecule has 0 aliphatic carbocycles. The Kier molecular flexibility index (Phi) is 62.2. The molecule has 0 amide bonds. The van der Waals surface area contributed by atoms with Gasteiger partial charge in [0.05, 0.1) is 0 Å². The topological polar surface area (TPSA) is 78.9 Å². The third-order valence-corrected chi connectivity index (χ3v) is 14.7. The number of ether oxygens (including phenoxy) is 3. The van der Waals surface area contributed by atoms with Crippen LogP contribution in [0.15, 0.2) is 60.8 Å². The molecule has 0 aliphatic heterocycles. The highest BCUT2D eigenvalue weighted by atomic mass is 16.6. The Morgan fingerprint density at radius 2 is 0.487 bits per heavy atom. The van der Waals surface area contributed by atoms with Crippen molar-refractivity contribution in [2.45, 2.75) is 354 Å². The number of unbranched alkanes of at least 4 members (excludes halogenated alkanes) is 40. The van der Waals surface area contributed by atoms with Crippen LogP contribution in [0.4, 0.5) is 0 Å². The Bertz CT molecular complexity index is 1360. The molecule has 0 N–H and O–H groups in total. The molecule has 1 atom stereocenters. The highest BCUT2D eigenvalue weighted by molar-refractivity contribution is 5.71. The summed E-state index contributed by atoms with van der Waals surface area (Å²) in [6.45, 7) is 6.60. The number of rotatable bonds is 61. The van der Waals surface area contributed by atoms with Crippen LogP contribution in [0.2, 0.25) is 0 Å². The van der Waals surface area contributed by atoms with Gasteiger partial charge >= 0.3 is 17.9 Å². The van der Waals surface area contributed by atoms with E-state index in [1.165, 1.54) is 205 Å². The molecule has 0 fully saturated rings. The van der Waals surface area contributed by atoms with Gasteiger partial charge in [-0.2, -0.15) is 0 Å². The number of hydrogen-bond acceptors (Lipinski definition) is 6. The lowest BCUT2D eigenvalue weighted by Crippen LogP contribution is -2.30. The predicted molar refractivity (Wildman–Crippen MR) is 330 cm³/mol. The molecule has 6 nitrogen and oxygen atoms in total. The molecule has 442 valence electrons. The average Bonchev–Trinajstić information content (AvgIpc) is 3.42. The molecular formula is C70H126O6. The van der Waals surface area contributed by atoms with Crippen molar-refractivity contribution >= 4 is 17.9 Å². The summed E-state index contributed by atoms with van der Waals surface area (Å²) in [5, 5.41) is 0. The van der Waals surface area contributed by atoms with Crippen molar-refractivity contribution in [3.05, 3.63) is 60.8 Å². The van der Waals surface area contributed by atoms with Gasteiger partial charge in [-0.3, -0.25) is 14.4 Å². The van der Waals surface area contributed by atoms with Gasteiger partial charge in [0, 0.05) is 19.3 Å². The monoisotopic (exact) mass is 1060 g/mol. The molecule has 76 heavy (non-hydrogen) atoms. The maximum atomic E-state index is 12.9. The molecule has 0 radical (unpaired) electrons. The van der Waals surface area contributed by atoms with Crippen LogP contribution in [0.5, 0.6) is 0 Å². The molecule has 0 rings (SSSR count). The largest absolute Gasteiger partial charge is 0.462 e. The first kappa shape index (κ1) is 73.1. The molecule has 0 aliphatic rings. The average molecular weight is 1060 g/mol. The summed E-state index contributed by atoms with van der Waals surface area (Å²) < 4.78 is 16.9. The SMILES string of the molecule is CCCC/C=C\C/C=C\CCCCCCCC(=O)OCC(COC(=O)CCCCCCCCCCCCCCCCCCCCCCCCCCC)OC(=O)CCCCCCCC/C=C\C/C=C\C/C=C\CCCCC. The summed E-state index contributed by atoms with van der Waals surface area (Å²) in [6.07, 6.45) is 82.4. The van der Waals surface area contributed by atoms with E-state index in [1.807, 2.05) is 0 Å². The molecule has 6 heteroatoms. The van der Waals surface area contributed by atoms with Gasteiger partial charge in [0.25, 0.3) is 0 Å². The summed E-state index contributed by atoms with van der Waals surface area (Å²) in [5.41, 5.74) is 0. The van der Waals surface area contributed by atoms with Crippen LogP contribution in [0.25, 0.3) is 0 Å². The first-order valence-corrected chi connectivity index (χ1v) is 33.3. The molecule has 0 saturated carbocycles. The van der Waals surface area contributed by atoms with E-state index >= 15 is 0 Å². The van der Waals surface area contributed by atoms with Crippen molar-refractivity contribution in [2.75, 3.05) is 13.2 Å². The minimum atomic E-state index is -0.787. The fraction of sp³-hybridized carbons (Fsp3) is 0.814. The van der Waals surface area contributed by atoms with E-state index in [0.29, 0.717) is 19.3 Å². The Balaban J connectivity index is 4.29. The Labute approximate surface area is 472 Å². The molecule has 0 aromatic rings. The van der Waals surface area contributed by atoms with Crippen LogP contribution in [0, 0.1) is 0 Å². The Morgan fingerprint density at radius 1 is 0.263 bits per heavy atom. The zero-order valence-electron chi connectivity index (χ0n) is 50.8. The van der Waals surface area contributed by atoms with Gasteiger partial charge in [-0.05, 0) is 83.5 Å². The fourth-order valence-corrected chi connectivity index (χ4v) is 9.70. The van der Waals surface area contributed by atoms with Gasteiger partial charge < -0.3 is 14.2 Å². The zero-order chi connectivity index (χ0) is 55.0. The standard InChI is InChI=1S/C70H126O6/c1-4-7-10-13-16-19-22-25-28-30-32-33-34-35-36-37-39-40-42-45-48-51-54-57-60-63-69(72)75-66-67(65-74-68(71)62-59-56-53-50-47-44-27-24-21-18-15-12-9-6-3)76-70(73)64-61-58-55-52-49-46-43-41-38-31-29-26-23-20-17-14-11-8-5-2/h15,17-18,20,24,26-27,29,38,41,67H,4-14,16,19,21-23,25,28,30-37,39-40,42-66H2,1-3H3/b18-15-,20-17-,27-24-,29-26-,41-38-. The highest BCUT2D eigenvalue weighted by Gasteiger charge is 2.19. The van der Waals surface area contributed by atoms with Crippen molar-refractivity contribution in [1.29, 1.82) is 0 Å². The lowest BCUT2D eigenvalue weighted by atomic mass is 10.0. The summed E-state index contributed by atoms with van der Waals surface area (Å²) in [5.74, 6) is -0.890. The van der Waals surface area contributed by atoms with E-state index in [0.717, 1.165) is 103 Å². The second-order valence-electron chi connectivity index (χ2n) is 22.4. The minimum Gasteiger partial charge on any atom is -0.462 e. The second kappa shape index (κ2) is 64.6. The van der Waals surface area contributed by atoms with Crippen molar-refractivity contribution < 1.29 is 28.6 Å². The van der Waals surface area contributed by atoms with E-state index in [1.54, 1.807) is 0 Å². The number of carbonyl (C=O) groups is 3. The first-order valence-electron chi connectivity index (χ1n) is 33.3. The van der Waals surface area contributed by atoms with Crippen molar-refractivity contribution in [2.24, 2.45) is 0 Å². The van der Waals surface area contributed by atoms with Crippen LogP contribution < -0.4 is 0 Å². The van der Waals surface area contributed by atoms with Crippen molar-refractivity contribution in [3.8, 4) is 0 Å². The molecule has 0 spiro atoms. The van der Waals surface area contributed by atoms with Crippen molar-refractivity contribution in [3.63, 3.8) is 0 Å². The third-order valence-electron chi connectivity index (χ3n) is 14.7. The van der Waals surface area contributed by atoms with Gasteiger partial charge in [-0.25, -0.2) is 0 Å². The number of allylic oxidation sites excluding steroid dienone is 10.